The van der Waals surface area contributed by atoms with Gasteiger partial charge in [0, 0.05) is 31.9 Å². The van der Waals surface area contributed by atoms with Crippen LogP contribution in [0.15, 0.2) is 24.3 Å². The van der Waals surface area contributed by atoms with Crippen LogP contribution in [0, 0.1) is 6.92 Å². The van der Waals surface area contributed by atoms with Crippen LogP contribution < -0.4 is 10.0 Å². The Kier molecular flexibility index (Phi) is 4.04. The highest BCUT2D eigenvalue weighted by atomic mass is 16.4. The van der Waals surface area contributed by atoms with Crippen LogP contribution in [-0.4, -0.2) is 43.0 Å². The molecule has 1 saturated heterocycles. The fraction of sp³-hybridized carbons (Fsp3) is 0.429. The van der Waals surface area contributed by atoms with Gasteiger partial charge in [0.25, 0.3) is 0 Å². The van der Waals surface area contributed by atoms with Crippen LogP contribution >= 0.6 is 0 Å². The van der Waals surface area contributed by atoms with Crippen molar-refractivity contribution in [2.75, 3.05) is 31.1 Å². The lowest BCUT2D eigenvalue weighted by atomic mass is 10.2. The number of carboxylic acids is 1. The summed E-state index contributed by atoms with van der Waals surface area (Å²) in [6, 6.07) is 8.24. The van der Waals surface area contributed by atoms with Gasteiger partial charge in [-0.2, -0.15) is 0 Å². The van der Waals surface area contributed by atoms with Gasteiger partial charge in [-0.25, -0.2) is 0 Å². The fourth-order valence-electron chi connectivity index (χ4n) is 2.20. The minimum absolute atomic E-state index is 0.358. The molecule has 1 amide bonds. The summed E-state index contributed by atoms with van der Waals surface area (Å²) in [5.74, 6) is -1.67. The van der Waals surface area contributed by atoms with Crippen molar-refractivity contribution in [1.82, 2.24) is 4.90 Å². The van der Waals surface area contributed by atoms with Gasteiger partial charge < -0.3 is 19.7 Å². The third-order valence-corrected chi connectivity index (χ3v) is 3.33. The van der Waals surface area contributed by atoms with E-state index in [9.17, 15) is 14.7 Å². The first kappa shape index (κ1) is 13.4. The molecule has 1 aromatic carbocycles. The molecule has 19 heavy (non-hydrogen) atoms. The predicted octanol–water partition coefficient (Wildman–Crippen LogP) is -0.216. The summed E-state index contributed by atoms with van der Waals surface area (Å²) >= 11 is 0. The minimum atomic E-state index is -1.31. The number of carbonyl (C=O) groups excluding carboxylic acids is 2. The molecule has 0 bridgehead atoms. The van der Waals surface area contributed by atoms with Crippen LogP contribution in [-0.2, 0) is 9.59 Å². The third-order valence-electron chi connectivity index (χ3n) is 3.33. The first-order valence-corrected chi connectivity index (χ1v) is 6.35. The molecule has 0 aliphatic carbocycles. The van der Waals surface area contributed by atoms with Crippen molar-refractivity contribution < 1.29 is 14.7 Å². The Balaban J connectivity index is 1.90. The van der Waals surface area contributed by atoms with Gasteiger partial charge in [-0.1, -0.05) is 17.7 Å². The zero-order valence-corrected chi connectivity index (χ0v) is 11.0. The van der Waals surface area contributed by atoms with Gasteiger partial charge in [-0.3, -0.25) is 4.79 Å². The maximum absolute atomic E-state index is 11.6. The molecular weight excluding hydrogens is 244 g/mol. The van der Waals surface area contributed by atoms with Crippen LogP contribution in [0.4, 0.5) is 5.69 Å². The van der Waals surface area contributed by atoms with Gasteiger partial charge >= 0.3 is 0 Å². The lowest BCUT2D eigenvalue weighted by Gasteiger charge is -2.36. The molecular formula is C14H17N2O3-. The van der Waals surface area contributed by atoms with Crippen LogP contribution in [0.5, 0.6) is 0 Å². The standard InChI is InChI=1S/C14H18N2O3/c1-11-2-4-12(5-3-11)15-6-8-16(9-7-15)13(17)10-14(18)19/h2-5H,6-10H2,1H3,(H,18,19)/p-1. The normalized spacial score (nSPS) is 15.4. The SMILES string of the molecule is Cc1ccc(N2CCN(C(=O)CC(=O)[O-])CC2)cc1. The Morgan fingerprint density at radius 1 is 1.11 bits per heavy atom. The lowest BCUT2D eigenvalue weighted by molar-refractivity contribution is -0.304. The maximum atomic E-state index is 11.6. The number of hydrogen-bond donors (Lipinski definition) is 0. The molecule has 5 heteroatoms. The Labute approximate surface area is 112 Å². The molecule has 1 aliphatic rings. The number of aliphatic carboxylic acids is 1. The van der Waals surface area contributed by atoms with E-state index in [0.717, 1.165) is 18.8 Å². The number of amides is 1. The van der Waals surface area contributed by atoms with Crippen molar-refractivity contribution in [2.45, 2.75) is 13.3 Å². The molecule has 0 spiro atoms. The second-order valence-corrected chi connectivity index (χ2v) is 4.75. The van der Waals surface area contributed by atoms with E-state index >= 15 is 0 Å². The Morgan fingerprint density at radius 2 is 1.68 bits per heavy atom. The molecule has 5 nitrogen and oxygen atoms in total. The summed E-state index contributed by atoms with van der Waals surface area (Å²) in [5.41, 5.74) is 2.35. The molecule has 1 fully saturated rings. The largest absolute Gasteiger partial charge is 0.550 e. The molecule has 1 aliphatic heterocycles. The van der Waals surface area contributed by atoms with E-state index in [2.05, 4.69) is 29.2 Å². The zero-order valence-electron chi connectivity index (χ0n) is 11.0. The van der Waals surface area contributed by atoms with E-state index in [0.29, 0.717) is 13.1 Å². The molecule has 0 unspecified atom stereocenters. The second kappa shape index (κ2) is 5.73. The molecule has 0 aromatic heterocycles. The van der Waals surface area contributed by atoms with Crippen LogP contribution in [0.2, 0.25) is 0 Å². The molecule has 0 atom stereocenters. The number of nitrogens with zero attached hydrogens (tertiary/aromatic N) is 2. The highest BCUT2D eigenvalue weighted by Crippen LogP contribution is 2.17. The van der Waals surface area contributed by atoms with E-state index < -0.39 is 12.4 Å². The van der Waals surface area contributed by atoms with Crippen molar-refractivity contribution in [2.24, 2.45) is 0 Å². The quantitative estimate of drug-likeness (QED) is 0.706. The maximum Gasteiger partial charge on any atom is 0.228 e. The van der Waals surface area contributed by atoms with Gasteiger partial charge in [0.1, 0.15) is 0 Å². The Bertz CT molecular complexity index is 462. The molecule has 1 aromatic rings. The van der Waals surface area contributed by atoms with E-state index in [4.69, 9.17) is 0 Å². The Morgan fingerprint density at radius 3 is 2.21 bits per heavy atom. The highest BCUT2D eigenvalue weighted by molar-refractivity contribution is 5.92. The van der Waals surface area contributed by atoms with Crippen LogP contribution in [0.25, 0.3) is 0 Å². The number of carboxylic acid groups (broad SMARTS) is 1. The molecule has 0 saturated carbocycles. The number of piperazine rings is 1. The first-order valence-electron chi connectivity index (χ1n) is 6.35. The van der Waals surface area contributed by atoms with Gasteiger partial charge in [-0.05, 0) is 19.1 Å². The number of hydrogen-bond acceptors (Lipinski definition) is 4. The lowest BCUT2D eigenvalue weighted by Crippen LogP contribution is -2.49. The van der Waals surface area contributed by atoms with Gasteiger partial charge in [-0.15, -0.1) is 0 Å². The molecule has 0 N–H and O–H groups in total. The van der Waals surface area contributed by atoms with Crippen molar-refractivity contribution in [3.63, 3.8) is 0 Å². The minimum Gasteiger partial charge on any atom is -0.550 e. The number of aryl methyl sites for hydroxylation is 1. The first-order chi connectivity index (χ1) is 9.06. The van der Waals surface area contributed by atoms with E-state index in [1.54, 1.807) is 4.90 Å². The number of benzene rings is 1. The summed E-state index contributed by atoms with van der Waals surface area (Å²) in [5, 5.41) is 10.4. The van der Waals surface area contributed by atoms with E-state index in [-0.39, 0.29) is 5.91 Å². The highest BCUT2D eigenvalue weighted by Gasteiger charge is 2.20. The average molecular weight is 261 g/mol. The number of rotatable bonds is 3. The molecule has 102 valence electrons. The summed E-state index contributed by atoms with van der Waals surface area (Å²) in [4.78, 5) is 25.8. The van der Waals surface area contributed by atoms with Gasteiger partial charge in [0.15, 0.2) is 0 Å². The van der Waals surface area contributed by atoms with Gasteiger partial charge in [0.05, 0.1) is 12.4 Å². The van der Waals surface area contributed by atoms with E-state index in [1.807, 2.05) is 6.92 Å². The van der Waals surface area contributed by atoms with E-state index in [1.165, 1.54) is 5.56 Å². The predicted molar refractivity (Wildman–Crippen MR) is 69.6 cm³/mol. The van der Waals surface area contributed by atoms with Crippen molar-refractivity contribution in [3.8, 4) is 0 Å². The molecule has 0 radical (unpaired) electrons. The molecule has 2 rings (SSSR count). The Hall–Kier alpha value is -2.04. The summed E-state index contributed by atoms with van der Waals surface area (Å²) in [7, 11) is 0. The second-order valence-electron chi connectivity index (χ2n) is 4.75. The topological polar surface area (TPSA) is 63.7 Å². The van der Waals surface area contributed by atoms with Crippen molar-refractivity contribution in [3.05, 3.63) is 29.8 Å². The van der Waals surface area contributed by atoms with Gasteiger partial charge in [0.2, 0.25) is 5.91 Å². The van der Waals surface area contributed by atoms with Crippen LogP contribution in [0.1, 0.15) is 12.0 Å². The average Bonchev–Trinajstić information content (AvgIpc) is 2.39. The van der Waals surface area contributed by atoms with Crippen molar-refractivity contribution >= 4 is 17.6 Å². The third kappa shape index (κ3) is 3.47. The summed E-state index contributed by atoms with van der Waals surface area (Å²) in [6.45, 7) is 4.60. The summed E-state index contributed by atoms with van der Waals surface area (Å²) < 4.78 is 0. The summed E-state index contributed by atoms with van der Waals surface area (Å²) in [6.07, 6.45) is -0.523. The molecule has 1 heterocycles. The smallest absolute Gasteiger partial charge is 0.228 e. The number of anilines is 1. The zero-order chi connectivity index (χ0) is 13.8. The van der Waals surface area contributed by atoms with Crippen LogP contribution in [0.3, 0.4) is 0 Å². The fourth-order valence-corrected chi connectivity index (χ4v) is 2.20. The monoisotopic (exact) mass is 261 g/mol. The number of carbonyl (C=O) groups is 2. The van der Waals surface area contributed by atoms with Crippen molar-refractivity contribution in [1.29, 1.82) is 0 Å².